The van der Waals surface area contributed by atoms with E-state index in [0.717, 1.165) is 49.4 Å². The first-order valence-corrected chi connectivity index (χ1v) is 10.7. The van der Waals surface area contributed by atoms with Crippen molar-refractivity contribution in [3.63, 3.8) is 0 Å². The van der Waals surface area contributed by atoms with E-state index in [1.807, 2.05) is 30.0 Å². The molecule has 6 nitrogen and oxygen atoms in total. The normalized spacial score (nSPS) is 19.3. The molecule has 1 aromatic heterocycles. The smallest absolute Gasteiger partial charge is 0.235 e. The van der Waals surface area contributed by atoms with Gasteiger partial charge in [0.1, 0.15) is 5.82 Å². The van der Waals surface area contributed by atoms with Gasteiger partial charge in [0.25, 0.3) is 0 Å². The van der Waals surface area contributed by atoms with Crippen molar-refractivity contribution >= 4 is 17.7 Å². The molecule has 1 saturated heterocycles. The van der Waals surface area contributed by atoms with Crippen LogP contribution in [0.1, 0.15) is 38.4 Å². The number of thioether (sulfide) groups is 1. The molecule has 1 amide bonds. The van der Waals surface area contributed by atoms with Gasteiger partial charge in [-0.15, -0.1) is 10.2 Å². The summed E-state index contributed by atoms with van der Waals surface area (Å²) in [5.74, 6) is 1.73. The maximum absolute atomic E-state index is 12.9. The summed E-state index contributed by atoms with van der Waals surface area (Å²) in [6.45, 7) is 8.77. The lowest BCUT2D eigenvalue weighted by Gasteiger charge is -2.35. The van der Waals surface area contributed by atoms with Gasteiger partial charge in [0.05, 0.1) is 5.25 Å². The summed E-state index contributed by atoms with van der Waals surface area (Å²) in [6.07, 6.45) is 2.34. The number of hydrogen-bond donors (Lipinski definition) is 0. The highest BCUT2D eigenvalue weighted by Gasteiger charge is 2.32. The molecule has 2 aliphatic rings. The van der Waals surface area contributed by atoms with Crippen LogP contribution in [-0.2, 0) is 4.79 Å². The van der Waals surface area contributed by atoms with Crippen molar-refractivity contribution in [1.29, 1.82) is 0 Å². The fourth-order valence-corrected chi connectivity index (χ4v) is 4.49. The largest absolute Gasteiger partial charge is 0.339 e. The van der Waals surface area contributed by atoms with E-state index >= 15 is 0 Å². The number of benzene rings is 1. The predicted molar refractivity (Wildman–Crippen MR) is 107 cm³/mol. The topological polar surface area (TPSA) is 54.3 Å². The van der Waals surface area contributed by atoms with Crippen LogP contribution < -0.4 is 0 Å². The quantitative estimate of drug-likeness (QED) is 0.716. The van der Waals surface area contributed by atoms with Crippen molar-refractivity contribution < 1.29 is 4.79 Å². The van der Waals surface area contributed by atoms with Gasteiger partial charge in [-0.1, -0.05) is 36.9 Å². The molecule has 1 unspecified atom stereocenters. The first-order chi connectivity index (χ1) is 13.2. The second-order valence-corrected chi connectivity index (χ2v) is 8.61. The Hall–Kier alpha value is -1.86. The molecule has 1 aliphatic heterocycles. The van der Waals surface area contributed by atoms with E-state index in [0.29, 0.717) is 5.92 Å². The van der Waals surface area contributed by atoms with Crippen LogP contribution >= 0.6 is 11.8 Å². The molecule has 7 heteroatoms. The molecule has 1 aliphatic carbocycles. The second-order valence-electron chi connectivity index (χ2n) is 7.31. The Bertz CT molecular complexity index is 781. The Morgan fingerprint density at radius 2 is 1.85 bits per heavy atom. The maximum Gasteiger partial charge on any atom is 0.235 e. The van der Waals surface area contributed by atoms with Crippen LogP contribution in [0.3, 0.4) is 0 Å². The highest BCUT2D eigenvalue weighted by Crippen LogP contribution is 2.41. The number of para-hydroxylation sites is 1. The van der Waals surface area contributed by atoms with Gasteiger partial charge in [-0.2, -0.15) is 0 Å². The molecule has 27 heavy (non-hydrogen) atoms. The first kappa shape index (κ1) is 18.5. The molecule has 1 atom stereocenters. The summed E-state index contributed by atoms with van der Waals surface area (Å²) in [4.78, 5) is 17.3. The molecular weight excluding hydrogens is 358 g/mol. The minimum absolute atomic E-state index is 0.170. The molecule has 1 saturated carbocycles. The van der Waals surface area contributed by atoms with Crippen LogP contribution in [0.5, 0.6) is 0 Å². The number of nitrogens with zero attached hydrogens (tertiary/aromatic N) is 5. The second kappa shape index (κ2) is 8.02. The van der Waals surface area contributed by atoms with Gasteiger partial charge >= 0.3 is 0 Å². The van der Waals surface area contributed by atoms with Crippen molar-refractivity contribution in [2.75, 3.05) is 32.7 Å². The molecule has 0 bridgehead atoms. The van der Waals surface area contributed by atoms with Crippen LogP contribution in [-0.4, -0.2) is 68.4 Å². The summed E-state index contributed by atoms with van der Waals surface area (Å²) in [5, 5.41) is 9.55. The van der Waals surface area contributed by atoms with E-state index in [2.05, 4.69) is 38.7 Å². The lowest BCUT2D eigenvalue weighted by molar-refractivity contribution is -0.132. The first-order valence-electron chi connectivity index (χ1n) is 9.86. The number of carbonyl (C=O) groups excluding carboxylic acids is 1. The van der Waals surface area contributed by atoms with Crippen LogP contribution in [0.4, 0.5) is 0 Å². The van der Waals surface area contributed by atoms with Gasteiger partial charge in [0.15, 0.2) is 5.16 Å². The lowest BCUT2D eigenvalue weighted by Crippen LogP contribution is -2.50. The van der Waals surface area contributed by atoms with Crippen molar-refractivity contribution in [3.05, 3.63) is 36.2 Å². The third-order valence-corrected chi connectivity index (χ3v) is 6.41. The summed E-state index contributed by atoms with van der Waals surface area (Å²) < 4.78 is 2.14. The number of aromatic nitrogens is 3. The van der Waals surface area contributed by atoms with E-state index in [9.17, 15) is 4.79 Å². The monoisotopic (exact) mass is 385 g/mol. The van der Waals surface area contributed by atoms with Crippen LogP contribution in [0.25, 0.3) is 5.69 Å². The maximum atomic E-state index is 12.9. The van der Waals surface area contributed by atoms with Crippen molar-refractivity contribution in [3.8, 4) is 5.69 Å². The van der Waals surface area contributed by atoms with Gasteiger partial charge in [-0.25, -0.2) is 0 Å². The molecule has 0 radical (unpaired) electrons. The van der Waals surface area contributed by atoms with Gasteiger partial charge < -0.3 is 9.80 Å². The minimum Gasteiger partial charge on any atom is -0.339 e. The molecule has 0 spiro atoms. The van der Waals surface area contributed by atoms with Crippen LogP contribution in [0.15, 0.2) is 35.5 Å². The molecular formula is C20H27N5OS. The van der Waals surface area contributed by atoms with Crippen molar-refractivity contribution in [1.82, 2.24) is 24.6 Å². The molecule has 4 rings (SSSR count). The fraction of sp³-hybridized carbons (Fsp3) is 0.550. The summed E-state index contributed by atoms with van der Waals surface area (Å²) >= 11 is 1.52. The Labute approximate surface area is 164 Å². The number of amides is 1. The summed E-state index contributed by atoms with van der Waals surface area (Å²) in [7, 11) is 0. The van der Waals surface area contributed by atoms with Gasteiger partial charge in [0, 0.05) is 37.8 Å². The third-order valence-electron chi connectivity index (χ3n) is 5.38. The molecule has 1 aromatic carbocycles. The van der Waals surface area contributed by atoms with E-state index in [-0.39, 0.29) is 11.2 Å². The van der Waals surface area contributed by atoms with E-state index in [1.165, 1.54) is 24.6 Å². The Morgan fingerprint density at radius 3 is 2.48 bits per heavy atom. The third kappa shape index (κ3) is 4.04. The molecule has 0 N–H and O–H groups in total. The predicted octanol–water partition coefficient (Wildman–Crippen LogP) is 2.79. The summed E-state index contributed by atoms with van der Waals surface area (Å²) in [6, 6.07) is 10.2. The van der Waals surface area contributed by atoms with Crippen molar-refractivity contribution in [2.24, 2.45) is 0 Å². The SMILES string of the molecule is CCN1CCN(C(=O)C(C)Sc2nnc(C3CC3)n2-c2ccccc2)CC1. The van der Waals surface area contributed by atoms with E-state index in [4.69, 9.17) is 0 Å². The number of rotatable bonds is 6. The van der Waals surface area contributed by atoms with E-state index < -0.39 is 0 Å². The Balaban J connectivity index is 1.50. The molecule has 144 valence electrons. The highest BCUT2D eigenvalue weighted by atomic mass is 32.2. The van der Waals surface area contributed by atoms with Gasteiger partial charge in [0.2, 0.25) is 5.91 Å². The van der Waals surface area contributed by atoms with Crippen molar-refractivity contribution in [2.45, 2.75) is 43.0 Å². The Kier molecular flexibility index (Phi) is 5.50. The van der Waals surface area contributed by atoms with Gasteiger partial charge in [-0.3, -0.25) is 9.36 Å². The Morgan fingerprint density at radius 1 is 1.15 bits per heavy atom. The number of likely N-dealkylation sites (N-methyl/N-ethyl adjacent to an activating group) is 1. The number of hydrogen-bond acceptors (Lipinski definition) is 5. The number of piperazine rings is 1. The fourth-order valence-electron chi connectivity index (χ4n) is 3.53. The zero-order chi connectivity index (χ0) is 18.8. The highest BCUT2D eigenvalue weighted by molar-refractivity contribution is 8.00. The molecule has 2 aromatic rings. The zero-order valence-corrected chi connectivity index (χ0v) is 16.9. The average molecular weight is 386 g/mol. The lowest BCUT2D eigenvalue weighted by atomic mass is 10.3. The standard InChI is InChI=1S/C20H27N5OS/c1-3-23-11-13-24(14-12-23)19(26)15(2)27-20-22-21-18(16-9-10-16)25(20)17-7-5-4-6-8-17/h4-8,15-16H,3,9-14H2,1-2H3. The van der Waals surface area contributed by atoms with E-state index in [1.54, 1.807) is 0 Å². The number of carbonyl (C=O) groups is 1. The van der Waals surface area contributed by atoms with Crippen LogP contribution in [0, 0.1) is 0 Å². The van der Waals surface area contributed by atoms with Gasteiger partial charge in [-0.05, 0) is 38.4 Å². The molecule has 2 heterocycles. The summed E-state index contributed by atoms with van der Waals surface area (Å²) in [5.41, 5.74) is 1.07. The van der Waals surface area contributed by atoms with Crippen LogP contribution in [0.2, 0.25) is 0 Å². The zero-order valence-electron chi connectivity index (χ0n) is 16.0. The average Bonchev–Trinajstić information content (AvgIpc) is 3.48. The minimum atomic E-state index is -0.170. The molecule has 2 fully saturated rings.